The Bertz CT molecular complexity index is 2400. The van der Waals surface area contributed by atoms with E-state index in [1.165, 1.54) is 35.8 Å². The molecule has 0 bridgehead atoms. The van der Waals surface area contributed by atoms with Crippen LogP contribution in [0.15, 0.2) is 60.7 Å². The number of rotatable bonds is 12. The maximum Gasteiger partial charge on any atom is 0.357 e. The lowest BCUT2D eigenvalue weighted by Crippen LogP contribution is -2.42. The number of carboxylic acid groups (broad SMARTS) is 1. The number of aromatic nitrogens is 2. The molecule has 2 fully saturated rings. The topological polar surface area (TPSA) is 134 Å². The van der Waals surface area contributed by atoms with Gasteiger partial charge in [-0.3, -0.25) is 19.8 Å². The number of thiazole rings is 2. The summed E-state index contributed by atoms with van der Waals surface area (Å²) in [5.41, 5.74) is 4.61. The van der Waals surface area contributed by atoms with Crippen LogP contribution in [0.1, 0.15) is 93.8 Å². The van der Waals surface area contributed by atoms with Crippen LogP contribution < -0.4 is 15.0 Å². The monoisotopic (exact) mass is 849 g/mol. The number of benzene rings is 3. The number of fused-ring (bicyclic) bond motifs is 2. The number of anilines is 2. The summed E-state index contributed by atoms with van der Waals surface area (Å²) in [6, 6.07) is 18.3. The summed E-state index contributed by atoms with van der Waals surface area (Å²) in [7, 11) is 1.33. The fraction of sp³-hybridized carbons (Fsp3) is 0.413. The molecule has 0 radical (unpaired) electrons. The van der Waals surface area contributed by atoms with Crippen LogP contribution in [0.5, 0.6) is 5.75 Å². The van der Waals surface area contributed by atoms with E-state index in [-0.39, 0.29) is 30.4 Å². The van der Waals surface area contributed by atoms with Crippen LogP contribution in [0.2, 0.25) is 0 Å². The molecule has 14 heteroatoms. The molecule has 2 aromatic heterocycles. The molecule has 4 heterocycles. The molecule has 3 aromatic carbocycles. The van der Waals surface area contributed by atoms with Crippen LogP contribution in [0, 0.1) is 29.0 Å². The predicted molar refractivity (Wildman–Crippen MR) is 232 cm³/mol. The number of carboxylic acids is 1. The van der Waals surface area contributed by atoms with Gasteiger partial charge in [-0.1, -0.05) is 47.4 Å². The summed E-state index contributed by atoms with van der Waals surface area (Å²) in [5.74, 6) is 4.87. The molecule has 1 aliphatic carbocycles. The van der Waals surface area contributed by atoms with Gasteiger partial charge in [0.15, 0.2) is 27.5 Å². The molecule has 1 amide bonds. The van der Waals surface area contributed by atoms with Crippen LogP contribution in [-0.2, 0) is 28.9 Å². The van der Waals surface area contributed by atoms with Gasteiger partial charge in [-0.05, 0) is 130 Å². The maximum atomic E-state index is 15.1. The molecular weight excluding hydrogens is 802 g/mol. The minimum absolute atomic E-state index is 0.146. The van der Waals surface area contributed by atoms with E-state index >= 15 is 4.39 Å². The first-order valence-corrected chi connectivity index (χ1v) is 22.2. The Morgan fingerprint density at radius 2 is 1.82 bits per heavy atom. The number of para-hydroxylation sites is 1. The summed E-state index contributed by atoms with van der Waals surface area (Å²) in [6.45, 7) is 3.93. The zero-order valence-corrected chi connectivity index (χ0v) is 35.3. The fourth-order valence-electron chi connectivity index (χ4n) is 8.74. The summed E-state index contributed by atoms with van der Waals surface area (Å²) < 4.78 is 27.0. The number of halogens is 1. The second-order valence-electron chi connectivity index (χ2n) is 16.0. The second kappa shape index (κ2) is 18.5. The Labute approximate surface area is 356 Å². The van der Waals surface area contributed by atoms with Crippen LogP contribution >= 0.6 is 22.7 Å². The van der Waals surface area contributed by atoms with Gasteiger partial charge < -0.3 is 19.5 Å². The number of methoxy groups -OCH3 is 1. The van der Waals surface area contributed by atoms with Crippen molar-refractivity contribution in [2.24, 2.45) is 11.3 Å². The number of esters is 1. The van der Waals surface area contributed by atoms with Gasteiger partial charge in [-0.2, -0.15) is 0 Å². The number of piperidine rings is 1. The first kappa shape index (κ1) is 41.4. The van der Waals surface area contributed by atoms with Crippen molar-refractivity contribution in [1.29, 1.82) is 0 Å². The molecule has 60 heavy (non-hydrogen) atoms. The van der Waals surface area contributed by atoms with Gasteiger partial charge in [0.1, 0.15) is 0 Å². The lowest BCUT2D eigenvalue weighted by atomic mass is 9.65. The van der Waals surface area contributed by atoms with E-state index in [4.69, 9.17) is 19.6 Å². The molecule has 0 atom stereocenters. The van der Waals surface area contributed by atoms with E-state index in [0.717, 1.165) is 77.8 Å². The highest BCUT2D eigenvalue weighted by Crippen LogP contribution is 2.47. The quantitative estimate of drug-likeness (QED) is 0.0715. The molecule has 3 aliphatic rings. The van der Waals surface area contributed by atoms with Crippen molar-refractivity contribution in [3.63, 3.8) is 0 Å². The zero-order valence-electron chi connectivity index (χ0n) is 33.6. The Morgan fingerprint density at radius 1 is 1.00 bits per heavy atom. The lowest BCUT2D eigenvalue weighted by molar-refractivity contribution is -0.138. The van der Waals surface area contributed by atoms with E-state index in [0.29, 0.717) is 71.6 Å². The smallest absolute Gasteiger partial charge is 0.357 e. The van der Waals surface area contributed by atoms with Crippen LogP contribution in [0.3, 0.4) is 0 Å². The average molecular weight is 850 g/mol. The number of aryl methyl sites for hydroxylation is 1. The minimum atomic E-state index is -0.690. The number of aliphatic carboxylic acids is 1. The van der Waals surface area contributed by atoms with Gasteiger partial charge in [0.05, 0.1) is 30.5 Å². The minimum Gasteiger partial charge on any atom is -0.491 e. The number of carbonyl (C=O) groups is 3. The van der Waals surface area contributed by atoms with Gasteiger partial charge >= 0.3 is 11.9 Å². The normalized spacial score (nSPS) is 16.5. The van der Waals surface area contributed by atoms with Crippen molar-refractivity contribution in [1.82, 2.24) is 14.9 Å². The molecular formula is C46H48FN5O6S2. The van der Waals surface area contributed by atoms with Crippen LogP contribution in [-0.4, -0.2) is 77.7 Å². The third-order valence-corrected chi connectivity index (χ3v) is 14.3. The Morgan fingerprint density at radius 3 is 2.58 bits per heavy atom. The average Bonchev–Trinajstić information content (AvgIpc) is 3.88. The molecule has 312 valence electrons. The number of hydrogen-bond acceptors (Lipinski definition) is 11. The lowest BCUT2D eigenvalue weighted by Gasteiger charge is -2.45. The highest BCUT2D eigenvalue weighted by atomic mass is 32.1. The van der Waals surface area contributed by atoms with Gasteiger partial charge in [0.25, 0.3) is 5.91 Å². The number of carbonyl (C=O) groups excluding carboxylic acids is 2. The molecule has 1 spiro atoms. The number of hydrogen-bond donors (Lipinski definition) is 2. The molecule has 8 rings (SSSR count). The molecule has 5 aromatic rings. The number of nitrogens with zero attached hydrogens (tertiary/aromatic N) is 4. The number of ether oxygens (including phenoxy) is 2. The third kappa shape index (κ3) is 9.65. The predicted octanol–water partition coefficient (Wildman–Crippen LogP) is 8.60. The first-order valence-electron chi connectivity index (χ1n) is 20.6. The largest absolute Gasteiger partial charge is 0.491 e. The van der Waals surface area contributed by atoms with Crippen molar-refractivity contribution in [3.8, 4) is 17.6 Å². The van der Waals surface area contributed by atoms with E-state index < -0.39 is 17.8 Å². The Kier molecular flexibility index (Phi) is 12.8. The maximum absolute atomic E-state index is 15.1. The Balaban J connectivity index is 0.831. The highest BCUT2D eigenvalue weighted by Gasteiger charge is 2.38. The van der Waals surface area contributed by atoms with Gasteiger partial charge in [-0.25, -0.2) is 19.2 Å². The van der Waals surface area contributed by atoms with E-state index in [1.807, 2.05) is 42.5 Å². The van der Waals surface area contributed by atoms with Crippen molar-refractivity contribution < 1.29 is 33.4 Å². The van der Waals surface area contributed by atoms with Gasteiger partial charge in [0, 0.05) is 35.5 Å². The summed E-state index contributed by atoms with van der Waals surface area (Å²) in [6.07, 6.45) is 8.49. The molecule has 0 unspecified atom stereocenters. The van der Waals surface area contributed by atoms with Gasteiger partial charge in [0.2, 0.25) is 0 Å². The zero-order chi connectivity index (χ0) is 41.6. The highest BCUT2D eigenvalue weighted by molar-refractivity contribution is 7.22. The first-order chi connectivity index (χ1) is 29.1. The summed E-state index contributed by atoms with van der Waals surface area (Å²) in [5, 5.41) is 13.3. The Hall–Kier alpha value is -5.36. The van der Waals surface area contributed by atoms with E-state index in [2.05, 4.69) is 31.9 Å². The molecule has 1 saturated carbocycles. The number of likely N-dealkylation sites (tertiary alicyclic amines) is 1. The van der Waals surface area contributed by atoms with Crippen molar-refractivity contribution in [3.05, 3.63) is 99.3 Å². The molecule has 11 nitrogen and oxygen atoms in total. The molecule has 1 saturated heterocycles. The SMILES string of the molecule is COC(=O)c1nc(N2CCc3cccc(C(=O)Nc4nc5ccccc5s4)c3C2)sc1CCCOc1ccc(C#CCN2CCC3(CCC(CC(=O)O)CC3)CC2)cc1F. The fourth-order valence-corrected chi connectivity index (χ4v) is 10.7. The molecule has 2 N–H and O–H groups in total. The van der Waals surface area contributed by atoms with E-state index in [9.17, 15) is 14.4 Å². The van der Waals surface area contributed by atoms with Crippen LogP contribution in [0.4, 0.5) is 14.7 Å². The van der Waals surface area contributed by atoms with Crippen molar-refractivity contribution >= 4 is 61.0 Å². The summed E-state index contributed by atoms with van der Waals surface area (Å²) in [4.78, 5) is 52.0. The summed E-state index contributed by atoms with van der Waals surface area (Å²) >= 11 is 2.85. The number of nitrogens with one attached hydrogen (secondary N) is 1. The van der Waals surface area contributed by atoms with Crippen LogP contribution in [0.25, 0.3) is 10.2 Å². The second-order valence-corrected chi connectivity index (χ2v) is 18.1. The van der Waals surface area contributed by atoms with Crippen molar-refractivity contribution in [2.75, 3.05) is 50.1 Å². The third-order valence-electron chi connectivity index (χ3n) is 12.2. The van der Waals surface area contributed by atoms with Gasteiger partial charge in [-0.15, -0.1) is 11.3 Å². The van der Waals surface area contributed by atoms with E-state index in [1.54, 1.807) is 12.1 Å². The standard InChI is InChI=1S/C46H48FN5O6S2/c1-57-43(56)41-39(60-45(49-41)52-23-17-32-8-4-9-33(34(32)29-52)42(55)50-44-48-36-10-2-3-11-38(36)59-44)12-6-26-58-37-14-13-30(27-35(37)47)7-5-22-51-24-20-46(21-25-51)18-15-31(16-19-46)28-40(53)54/h2-4,8-11,13-14,27,31H,6,12,15-26,28-29H2,1H3,(H,53,54)(H,48,50,55). The molecule has 2 aliphatic heterocycles. The number of amides is 1. The van der Waals surface area contributed by atoms with Crippen molar-refractivity contribution in [2.45, 2.75) is 70.8 Å².